The number of carbonyl (C=O) groups excluding carboxylic acids is 4. The molecule has 1 heterocycles. The molecule has 0 aromatic carbocycles. The summed E-state index contributed by atoms with van der Waals surface area (Å²) in [5.41, 5.74) is 0.698. The van der Waals surface area contributed by atoms with Crippen LogP contribution >= 0.6 is 0 Å². The SMILES string of the molecule is CC(=O)OCC1OC(OC2CCC3(C)[C@@H](CCC4[C@@H]5CCC(C(C)CCCC(C)C)C5(C)CC[C@@H]43)C2)[C@H](OC(C)=O)[C@@H](OC(C)=O)[C@@H]1OC(C)=O. The third-order valence-electron chi connectivity index (χ3n) is 14.1. The third kappa shape index (κ3) is 8.79. The summed E-state index contributed by atoms with van der Waals surface area (Å²) in [4.78, 5) is 48.5. The Morgan fingerprint density at radius 2 is 1.33 bits per heavy atom. The molecule has 14 atom stereocenters. The Labute approximate surface area is 306 Å². The van der Waals surface area contributed by atoms with Gasteiger partial charge >= 0.3 is 23.9 Å². The lowest BCUT2D eigenvalue weighted by molar-refractivity contribution is -0.321. The van der Waals surface area contributed by atoms with Gasteiger partial charge in [-0.3, -0.25) is 19.2 Å². The van der Waals surface area contributed by atoms with Gasteiger partial charge in [-0.2, -0.15) is 0 Å². The molecule has 0 amide bonds. The number of fused-ring (bicyclic) bond motifs is 5. The largest absolute Gasteiger partial charge is 0.463 e. The Kier molecular flexibility index (Phi) is 12.9. The molecule has 5 rings (SSSR count). The van der Waals surface area contributed by atoms with E-state index in [0.717, 1.165) is 54.8 Å². The van der Waals surface area contributed by atoms with Gasteiger partial charge in [0.25, 0.3) is 0 Å². The molecule has 4 saturated carbocycles. The van der Waals surface area contributed by atoms with Gasteiger partial charge in [0.2, 0.25) is 0 Å². The molecule has 51 heavy (non-hydrogen) atoms. The molecular weight excluding hydrogens is 652 g/mol. The molecule has 1 aliphatic heterocycles. The zero-order valence-corrected chi connectivity index (χ0v) is 32.8. The van der Waals surface area contributed by atoms with Gasteiger partial charge in [0.1, 0.15) is 12.7 Å². The van der Waals surface area contributed by atoms with Gasteiger partial charge in [0.05, 0.1) is 6.10 Å². The lowest BCUT2D eigenvalue weighted by Gasteiger charge is -2.61. The lowest BCUT2D eigenvalue weighted by Crippen LogP contribution is -2.63. The van der Waals surface area contributed by atoms with Crippen LogP contribution in [0.1, 0.15) is 139 Å². The third-order valence-corrected chi connectivity index (χ3v) is 14.1. The van der Waals surface area contributed by atoms with E-state index in [1.54, 1.807) is 0 Å². The zero-order chi connectivity index (χ0) is 37.2. The van der Waals surface area contributed by atoms with E-state index in [1.807, 2.05) is 0 Å². The van der Waals surface area contributed by atoms with E-state index < -0.39 is 54.6 Å². The average molecular weight is 719 g/mol. The molecule has 0 aromatic heterocycles. The number of rotatable bonds is 12. The first-order valence-electron chi connectivity index (χ1n) is 20.0. The van der Waals surface area contributed by atoms with Crippen LogP contribution in [0.15, 0.2) is 0 Å². The van der Waals surface area contributed by atoms with Crippen LogP contribution < -0.4 is 0 Å². The first-order valence-corrected chi connectivity index (χ1v) is 20.0. The Bertz CT molecular complexity index is 1250. The van der Waals surface area contributed by atoms with E-state index in [0.29, 0.717) is 11.3 Å². The maximum absolute atomic E-state index is 12.3. The summed E-state index contributed by atoms with van der Waals surface area (Å²) in [6, 6.07) is 0. The number of ether oxygens (including phenoxy) is 6. The van der Waals surface area contributed by atoms with E-state index in [-0.39, 0.29) is 18.1 Å². The monoisotopic (exact) mass is 718 g/mol. The van der Waals surface area contributed by atoms with Gasteiger partial charge in [0, 0.05) is 27.7 Å². The minimum absolute atomic E-state index is 0.170. The quantitative estimate of drug-likeness (QED) is 0.113. The standard InChI is InChI=1S/C41H66O10/c1-23(2)11-10-12-24(3)32-15-16-33-31-14-13-29-21-30(17-19-40(29,8)34(31)18-20-41(32,33)9)50-39-38(49-28(7)45)37(48-27(6)44)36(47-26(5)43)35(51-39)22-46-25(4)42/h23-24,29-39H,10-22H2,1-9H3/t24?,29-,30?,31?,32?,33-,34-,35?,36+,37-,38+,39?,40?,41?/m0/s1. The fraction of sp³-hybridized carbons (Fsp3) is 0.902. The van der Waals surface area contributed by atoms with Crippen LogP contribution in [0, 0.1) is 52.3 Å². The fourth-order valence-electron chi connectivity index (χ4n) is 11.9. The minimum Gasteiger partial charge on any atom is -0.463 e. The van der Waals surface area contributed by atoms with Gasteiger partial charge in [-0.1, -0.05) is 53.9 Å². The molecule has 10 heteroatoms. The molecule has 5 fully saturated rings. The Hall–Kier alpha value is -2.20. The van der Waals surface area contributed by atoms with E-state index >= 15 is 0 Å². The van der Waals surface area contributed by atoms with Gasteiger partial charge < -0.3 is 28.4 Å². The molecule has 0 radical (unpaired) electrons. The molecule has 5 aliphatic rings. The average Bonchev–Trinajstić information content (AvgIpc) is 3.39. The van der Waals surface area contributed by atoms with Crippen molar-refractivity contribution in [2.24, 2.45) is 52.3 Å². The van der Waals surface area contributed by atoms with Crippen LogP contribution in [-0.2, 0) is 47.6 Å². The molecule has 10 nitrogen and oxygen atoms in total. The van der Waals surface area contributed by atoms with E-state index in [4.69, 9.17) is 28.4 Å². The second-order valence-corrected chi connectivity index (χ2v) is 17.8. The van der Waals surface area contributed by atoms with Crippen LogP contribution in [0.4, 0.5) is 0 Å². The van der Waals surface area contributed by atoms with Crippen molar-refractivity contribution in [2.75, 3.05) is 6.61 Å². The molecule has 290 valence electrons. The summed E-state index contributed by atoms with van der Waals surface area (Å²) >= 11 is 0. The fourth-order valence-corrected chi connectivity index (χ4v) is 11.9. The van der Waals surface area contributed by atoms with Gasteiger partial charge in [0.15, 0.2) is 24.6 Å². The van der Waals surface area contributed by atoms with E-state index in [2.05, 4.69) is 34.6 Å². The van der Waals surface area contributed by atoms with Crippen LogP contribution in [-0.4, -0.2) is 67.3 Å². The van der Waals surface area contributed by atoms with Crippen molar-refractivity contribution < 1.29 is 47.6 Å². The Morgan fingerprint density at radius 1 is 0.706 bits per heavy atom. The maximum atomic E-state index is 12.3. The molecule has 8 unspecified atom stereocenters. The van der Waals surface area contributed by atoms with Gasteiger partial charge in [-0.05, 0) is 110 Å². The highest BCUT2D eigenvalue weighted by atomic mass is 16.7. The van der Waals surface area contributed by atoms with Crippen molar-refractivity contribution in [1.29, 1.82) is 0 Å². The molecular formula is C41H66O10. The highest BCUT2D eigenvalue weighted by Crippen LogP contribution is 2.68. The summed E-state index contributed by atoms with van der Waals surface area (Å²) in [5.74, 6) is 2.78. The van der Waals surface area contributed by atoms with Crippen LogP contribution in [0.2, 0.25) is 0 Å². The summed E-state index contributed by atoms with van der Waals surface area (Å²) in [7, 11) is 0. The summed E-state index contributed by atoms with van der Waals surface area (Å²) < 4.78 is 35.1. The molecule has 1 saturated heterocycles. The molecule has 0 bridgehead atoms. The summed E-state index contributed by atoms with van der Waals surface area (Å²) in [6.45, 7) is 17.1. The predicted molar refractivity (Wildman–Crippen MR) is 190 cm³/mol. The van der Waals surface area contributed by atoms with Crippen LogP contribution in [0.25, 0.3) is 0 Å². The van der Waals surface area contributed by atoms with Gasteiger partial charge in [-0.15, -0.1) is 0 Å². The molecule has 0 spiro atoms. The first kappa shape index (κ1) is 40.0. The number of hydrogen-bond donors (Lipinski definition) is 0. The number of hydrogen-bond acceptors (Lipinski definition) is 10. The van der Waals surface area contributed by atoms with Crippen LogP contribution in [0.3, 0.4) is 0 Å². The predicted octanol–water partition coefficient (Wildman–Crippen LogP) is 7.58. The van der Waals surface area contributed by atoms with Crippen molar-refractivity contribution >= 4 is 23.9 Å². The second kappa shape index (κ2) is 16.4. The Balaban J connectivity index is 1.29. The van der Waals surface area contributed by atoms with Gasteiger partial charge in [-0.25, -0.2) is 0 Å². The van der Waals surface area contributed by atoms with Crippen molar-refractivity contribution in [3.8, 4) is 0 Å². The highest BCUT2D eigenvalue weighted by Gasteiger charge is 2.61. The van der Waals surface area contributed by atoms with E-state index in [1.165, 1.54) is 85.5 Å². The molecule has 0 N–H and O–H groups in total. The smallest absolute Gasteiger partial charge is 0.303 e. The Morgan fingerprint density at radius 3 is 1.98 bits per heavy atom. The molecule has 4 aliphatic carbocycles. The molecule has 0 aromatic rings. The second-order valence-electron chi connectivity index (χ2n) is 17.8. The number of esters is 4. The number of carbonyl (C=O) groups is 4. The topological polar surface area (TPSA) is 124 Å². The van der Waals surface area contributed by atoms with Crippen LogP contribution in [0.5, 0.6) is 0 Å². The highest BCUT2D eigenvalue weighted by molar-refractivity contribution is 5.68. The summed E-state index contributed by atoms with van der Waals surface area (Å²) in [5, 5.41) is 0. The first-order chi connectivity index (χ1) is 24.0. The van der Waals surface area contributed by atoms with Crippen molar-refractivity contribution in [1.82, 2.24) is 0 Å². The normalized spacial score (nSPS) is 41.0. The lowest BCUT2D eigenvalue weighted by atomic mass is 9.44. The van der Waals surface area contributed by atoms with E-state index in [9.17, 15) is 19.2 Å². The summed E-state index contributed by atoms with van der Waals surface area (Å²) in [6.07, 6.45) is 8.77. The van der Waals surface area contributed by atoms with Crippen molar-refractivity contribution in [3.05, 3.63) is 0 Å². The van der Waals surface area contributed by atoms with Crippen molar-refractivity contribution in [2.45, 2.75) is 176 Å². The minimum atomic E-state index is -1.22. The van der Waals surface area contributed by atoms with Crippen molar-refractivity contribution in [3.63, 3.8) is 0 Å². The maximum Gasteiger partial charge on any atom is 0.303 e. The zero-order valence-electron chi connectivity index (χ0n) is 32.8.